The number of nitrogens with zero attached hydrogens (tertiary/aromatic N) is 6. The molecule has 0 bridgehead atoms. The van der Waals surface area contributed by atoms with Gasteiger partial charge in [-0.15, -0.1) is 0 Å². The monoisotopic (exact) mass is 506 g/mol. The van der Waals surface area contributed by atoms with E-state index in [1.165, 1.54) is 29.2 Å². The number of hydrogen-bond acceptors (Lipinski definition) is 12. The summed E-state index contributed by atoms with van der Waals surface area (Å²) in [5.74, 6) is 0.222. The Labute approximate surface area is 208 Å². The minimum absolute atomic E-state index is 0.0225. The highest BCUT2D eigenvalue weighted by Crippen LogP contribution is 2.35. The fourth-order valence-corrected chi connectivity index (χ4v) is 4.04. The molecule has 2 aromatic carbocycles. The number of nitrogen functional groups attached to an aromatic ring is 1. The third-order valence-corrected chi connectivity index (χ3v) is 5.98. The van der Waals surface area contributed by atoms with E-state index in [0.717, 1.165) is 16.7 Å². The molecule has 0 aliphatic carbocycles. The number of hydrazone groups is 1. The summed E-state index contributed by atoms with van der Waals surface area (Å²) < 4.78 is 7.05. The van der Waals surface area contributed by atoms with Crippen molar-refractivity contribution in [2.45, 2.75) is 24.5 Å². The van der Waals surface area contributed by atoms with Gasteiger partial charge in [0.25, 0.3) is 5.69 Å². The van der Waals surface area contributed by atoms with Crippen LogP contribution >= 0.6 is 0 Å². The molecule has 0 amide bonds. The first-order valence-electron chi connectivity index (χ1n) is 11.1. The zero-order valence-electron chi connectivity index (χ0n) is 19.1. The fraction of sp³-hybridized carbons (Fsp3) is 0.217. The van der Waals surface area contributed by atoms with Crippen molar-refractivity contribution < 1.29 is 25.0 Å². The molecule has 1 fully saturated rings. The summed E-state index contributed by atoms with van der Waals surface area (Å²) in [4.78, 5) is 22.9. The largest absolute Gasteiger partial charge is 0.394 e. The Morgan fingerprint density at radius 1 is 1.11 bits per heavy atom. The van der Waals surface area contributed by atoms with E-state index in [1.807, 2.05) is 24.3 Å². The predicted octanol–water partition coefficient (Wildman–Crippen LogP) is 1.04. The van der Waals surface area contributed by atoms with Gasteiger partial charge in [-0.25, -0.2) is 20.4 Å². The van der Waals surface area contributed by atoms with Crippen LogP contribution in [0.4, 0.5) is 17.5 Å². The first kappa shape index (κ1) is 24.2. The van der Waals surface area contributed by atoms with E-state index < -0.39 is 36.1 Å². The molecule has 2 aromatic heterocycles. The van der Waals surface area contributed by atoms with E-state index in [-0.39, 0.29) is 28.6 Å². The van der Waals surface area contributed by atoms with Crippen LogP contribution in [0.2, 0.25) is 0 Å². The number of aliphatic hydroxyl groups is 3. The lowest BCUT2D eigenvalue weighted by molar-refractivity contribution is -0.384. The number of aromatic nitrogens is 4. The maximum Gasteiger partial charge on any atom is 0.269 e. The quantitative estimate of drug-likeness (QED) is 0.136. The van der Waals surface area contributed by atoms with Gasteiger partial charge in [0.05, 0.1) is 17.7 Å². The number of imidazole rings is 1. The number of ether oxygens (including phenoxy) is 1. The number of hydrogen-bond donors (Lipinski definition) is 5. The van der Waals surface area contributed by atoms with Crippen LogP contribution in [0.1, 0.15) is 11.8 Å². The fourth-order valence-electron chi connectivity index (χ4n) is 4.04. The summed E-state index contributed by atoms with van der Waals surface area (Å²) in [6, 6.07) is 13.6. The average Bonchev–Trinajstić information content (AvgIpc) is 3.41. The number of aliphatic hydroxyl groups excluding tert-OH is 3. The second-order valence-electron chi connectivity index (χ2n) is 8.26. The standard InChI is InChI=1S/C23H22N8O6/c24-20-17-21(26-11-25-20)30(22-19(34)18(33)16(10-32)37-22)23(28-17)29-27-9-12-1-3-13(4-2-12)14-5-7-15(8-6-14)31(35)36/h1-9,11,16,18-19,22,32-34H,10H2,(H,28,29)(H2,24,25,26). The molecule has 5 rings (SSSR count). The summed E-state index contributed by atoms with van der Waals surface area (Å²) in [5.41, 5.74) is 11.7. The molecule has 6 N–H and O–H groups in total. The highest BCUT2D eigenvalue weighted by atomic mass is 16.6. The van der Waals surface area contributed by atoms with E-state index in [0.29, 0.717) is 0 Å². The Morgan fingerprint density at radius 2 is 1.78 bits per heavy atom. The molecular formula is C23H22N8O6. The van der Waals surface area contributed by atoms with Gasteiger partial charge >= 0.3 is 0 Å². The second kappa shape index (κ2) is 9.87. The number of nitro groups is 1. The minimum Gasteiger partial charge on any atom is -0.394 e. The Morgan fingerprint density at radius 3 is 2.41 bits per heavy atom. The van der Waals surface area contributed by atoms with Crippen LogP contribution in [-0.4, -0.2) is 70.9 Å². The zero-order chi connectivity index (χ0) is 26.1. The van der Waals surface area contributed by atoms with E-state index in [2.05, 4.69) is 25.5 Å². The summed E-state index contributed by atoms with van der Waals surface area (Å²) >= 11 is 0. The smallest absolute Gasteiger partial charge is 0.269 e. The van der Waals surface area contributed by atoms with Crippen LogP contribution in [0.3, 0.4) is 0 Å². The number of benzene rings is 2. The van der Waals surface area contributed by atoms with E-state index >= 15 is 0 Å². The van der Waals surface area contributed by atoms with Gasteiger partial charge in [-0.3, -0.25) is 14.7 Å². The molecular weight excluding hydrogens is 484 g/mol. The maximum atomic E-state index is 10.8. The molecule has 0 spiro atoms. The van der Waals surface area contributed by atoms with Crippen LogP contribution in [0.25, 0.3) is 22.3 Å². The zero-order valence-corrected chi connectivity index (χ0v) is 19.1. The molecule has 1 aliphatic heterocycles. The molecule has 4 unspecified atom stereocenters. The van der Waals surface area contributed by atoms with Crippen LogP contribution in [-0.2, 0) is 4.74 Å². The average molecular weight is 506 g/mol. The molecule has 0 saturated carbocycles. The number of nitrogens with two attached hydrogens (primary N) is 1. The molecule has 4 atom stereocenters. The van der Waals surface area contributed by atoms with Gasteiger partial charge in [0.15, 0.2) is 23.2 Å². The van der Waals surface area contributed by atoms with E-state index in [1.54, 1.807) is 12.1 Å². The van der Waals surface area contributed by atoms with Crippen molar-refractivity contribution in [3.63, 3.8) is 0 Å². The Balaban J connectivity index is 1.38. The van der Waals surface area contributed by atoms with Crippen molar-refractivity contribution in [3.05, 3.63) is 70.5 Å². The minimum atomic E-state index is -1.37. The lowest BCUT2D eigenvalue weighted by Crippen LogP contribution is -2.33. The summed E-state index contributed by atoms with van der Waals surface area (Å²) in [7, 11) is 0. The molecule has 0 radical (unpaired) electrons. The van der Waals surface area contributed by atoms with Crippen molar-refractivity contribution in [3.8, 4) is 11.1 Å². The predicted molar refractivity (Wildman–Crippen MR) is 132 cm³/mol. The van der Waals surface area contributed by atoms with Crippen LogP contribution in [0, 0.1) is 10.1 Å². The van der Waals surface area contributed by atoms with E-state index in [9.17, 15) is 25.4 Å². The van der Waals surface area contributed by atoms with Gasteiger partial charge in [0.1, 0.15) is 24.6 Å². The van der Waals surface area contributed by atoms with Gasteiger partial charge in [0, 0.05) is 12.1 Å². The van der Waals surface area contributed by atoms with Crippen molar-refractivity contribution in [1.82, 2.24) is 19.5 Å². The van der Waals surface area contributed by atoms with Gasteiger partial charge in [0.2, 0.25) is 5.95 Å². The normalized spacial score (nSPS) is 21.6. The SMILES string of the molecule is Nc1ncnc2c1nc(NN=Cc1ccc(-c3ccc([N+](=O)[O-])cc3)cc1)n2C1OC(CO)C(O)C1O. The van der Waals surface area contributed by atoms with Crippen LogP contribution in [0.15, 0.2) is 60.0 Å². The first-order valence-corrected chi connectivity index (χ1v) is 11.1. The second-order valence-corrected chi connectivity index (χ2v) is 8.26. The number of nitro benzene ring substituents is 1. The molecule has 190 valence electrons. The maximum absolute atomic E-state index is 10.8. The molecule has 4 aromatic rings. The molecule has 14 heteroatoms. The van der Waals surface area contributed by atoms with Gasteiger partial charge in [-0.1, -0.05) is 24.3 Å². The topological polar surface area (TPSA) is 207 Å². The van der Waals surface area contributed by atoms with E-state index in [4.69, 9.17) is 10.5 Å². The van der Waals surface area contributed by atoms with Crippen LogP contribution < -0.4 is 11.2 Å². The third-order valence-electron chi connectivity index (χ3n) is 5.98. The summed E-state index contributed by atoms with van der Waals surface area (Å²) in [5, 5.41) is 45.3. The number of fused-ring (bicyclic) bond motifs is 1. The number of rotatable bonds is 7. The summed E-state index contributed by atoms with van der Waals surface area (Å²) in [6.45, 7) is -0.491. The molecule has 1 aliphatic rings. The highest BCUT2D eigenvalue weighted by Gasteiger charge is 2.45. The highest BCUT2D eigenvalue weighted by molar-refractivity contribution is 5.85. The summed E-state index contributed by atoms with van der Waals surface area (Å²) in [6.07, 6.45) is -2.04. The molecule has 3 heterocycles. The molecule has 37 heavy (non-hydrogen) atoms. The Kier molecular flexibility index (Phi) is 6.45. The molecule has 1 saturated heterocycles. The molecule has 14 nitrogen and oxygen atoms in total. The lowest BCUT2D eigenvalue weighted by Gasteiger charge is -2.18. The van der Waals surface area contributed by atoms with Gasteiger partial charge in [-0.05, 0) is 28.8 Å². The third kappa shape index (κ3) is 4.56. The van der Waals surface area contributed by atoms with Crippen molar-refractivity contribution in [2.24, 2.45) is 5.10 Å². The van der Waals surface area contributed by atoms with Gasteiger partial charge < -0.3 is 25.8 Å². The number of non-ortho nitro benzene ring substituents is 1. The van der Waals surface area contributed by atoms with Gasteiger partial charge in [-0.2, -0.15) is 5.10 Å². The first-order chi connectivity index (χ1) is 17.9. The number of anilines is 2. The number of nitrogens with one attached hydrogen (secondary N) is 1. The lowest BCUT2D eigenvalue weighted by atomic mass is 10.0. The van der Waals surface area contributed by atoms with Crippen molar-refractivity contribution in [1.29, 1.82) is 0 Å². The Bertz CT molecular complexity index is 1460. The van der Waals surface area contributed by atoms with Crippen LogP contribution in [0.5, 0.6) is 0 Å². The Hall–Kier alpha value is -4.50. The van der Waals surface area contributed by atoms with Crippen molar-refractivity contribution in [2.75, 3.05) is 17.8 Å². The van der Waals surface area contributed by atoms with Crippen molar-refractivity contribution >= 4 is 34.8 Å².